The summed E-state index contributed by atoms with van der Waals surface area (Å²) in [4.78, 5) is 6.76. The molecule has 1 saturated carbocycles. The highest BCUT2D eigenvalue weighted by Gasteiger charge is 2.15. The number of hydrogen-bond acceptors (Lipinski definition) is 2. The minimum Gasteiger partial charge on any atom is -0.343 e. The molecule has 4 nitrogen and oxygen atoms in total. The van der Waals surface area contributed by atoms with E-state index in [9.17, 15) is 0 Å². The minimum absolute atomic E-state index is 0.420. The number of rotatable bonds is 2. The van der Waals surface area contributed by atoms with Crippen molar-refractivity contribution in [1.82, 2.24) is 10.3 Å². The normalized spacial score (nSPS) is 19.4. The van der Waals surface area contributed by atoms with Crippen LogP contribution in [0, 0.1) is 0 Å². The average molecular weight is 212 g/mol. The van der Waals surface area contributed by atoms with Crippen LogP contribution in [0.5, 0.6) is 0 Å². The summed E-state index contributed by atoms with van der Waals surface area (Å²) in [5.74, 6) is 6.32. The van der Waals surface area contributed by atoms with Crippen LogP contribution in [0.15, 0.2) is 4.99 Å². The van der Waals surface area contributed by atoms with Crippen LogP contribution in [0.25, 0.3) is 0 Å². The fourth-order valence-corrected chi connectivity index (χ4v) is 1.86. The van der Waals surface area contributed by atoms with E-state index in [1.807, 2.05) is 7.05 Å². The first kappa shape index (κ1) is 12.3. The van der Waals surface area contributed by atoms with Gasteiger partial charge in [0.05, 0.1) is 6.04 Å². The van der Waals surface area contributed by atoms with Crippen molar-refractivity contribution in [3.8, 4) is 0 Å². The Labute approximate surface area is 92.9 Å². The van der Waals surface area contributed by atoms with Crippen LogP contribution in [0.4, 0.5) is 0 Å². The van der Waals surface area contributed by atoms with Gasteiger partial charge in [0.15, 0.2) is 0 Å². The molecule has 4 heteroatoms. The van der Waals surface area contributed by atoms with Crippen LogP contribution in [0.1, 0.15) is 46.0 Å². The third-order valence-electron chi connectivity index (χ3n) is 3.12. The second-order valence-electron chi connectivity index (χ2n) is 4.59. The lowest BCUT2D eigenvalue weighted by atomic mass is 9.96. The van der Waals surface area contributed by atoms with E-state index in [2.05, 4.69) is 29.2 Å². The number of guanidine groups is 1. The number of aliphatic imine (C=N–C) groups is 1. The van der Waals surface area contributed by atoms with Gasteiger partial charge in [-0.25, -0.2) is 10.8 Å². The minimum atomic E-state index is 0.420. The molecule has 0 unspecified atom stereocenters. The van der Waals surface area contributed by atoms with E-state index < -0.39 is 0 Å². The molecule has 1 aliphatic carbocycles. The van der Waals surface area contributed by atoms with Crippen molar-refractivity contribution in [2.45, 2.75) is 58.0 Å². The Morgan fingerprint density at radius 3 is 2.40 bits per heavy atom. The van der Waals surface area contributed by atoms with Crippen LogP contribution >= 0.6 is 0 Å². The molecule has 15 heavy (non-hydrogen) atoms. The monoisotopic (exact) mass is 212 g/mol. The zero-order valence-corrected chi connectivity index (χ0v) is 10.2. The molecule has 0 aromatic carbocycles. The molecule has 1 fully saturated rings. The first-order valence-corrected chi connectivity index (χ1v) is 5.92. The Morgan fingerprint density at radius 1 is 1.33 bits per heavy atom. The lowest BCUT2D eigenvalue weighted by Gasteiger charge is -2.27. The predicted octanol–water partition coefficient (Wildman–Crippen LogP) is 1.48. The molecule has 0 saturated heterocycles. The molecule has 1 rings (SSSR count). The van der Waals surface area contributed by atoms with Gasteiger partial charge in [-0.2, -0.15) is 0 Å². The Balaban J connectivity index is 2.58. The van der Waals surface area contributed by atoms with Crippen LogP contribution in [-0.2, 0) is 0 Å². The first-order chi connectivity index (χ1) is 7.15. The van der Waals surface area contributed by atoms with Crippen molar-refractivity contribution < 1.29 is 0 Å². The molecule has 0 bridgehead atoms. The standard InChI is InChI=1S/C11H24N4/c1-9(2)15(3)11(14-12)13-10-7-5-4-6-8-10/h9-10H,4-8,12H2,1-3H3,(H,13,14). The molecule has 88 valence electrons. The predicted molar refractivity (Wildman–Crippen MR) is 64.5 cm³/mol. The second-order valence-corrected chi connectivity index (χ2v) is 4.59. The van der Waals surface area contributed by atoms with Gasteiger partial charge in [0.1, 0.15) is 0 Å². The summed E-state index contributed by atoms with van der Waals surface area (Å²) in [7, 11) is 2.02. The smallest absolute Gasteiger partial charge is 0.208 e. The highest BCUT2D eigenvalue weighted by atomic mass is 15.4. The van der Waals surface area contributed by atoms with Gasteiger partial charge >= 0.3 is 0 Å². The van der Waals surface area contributed by atoms with Crippen molar-refractivity contribution in [3.63, 3.8) is 0 Å². The van der Waals surface area contributed by atoms with Crippen molar-refractivity contribution in [2.75, 3.05) is 7.05 Å². The topological polar surface area (TPSA) is 53.6 Å². The third kappa shape index (κ3) is 3.70. The summed E-state index contributed by atoms with van der Waals surface area (Å²) in [5.41, 5.74) is 2.71. The van der Waals surface area contributed by atoms with E-state index in [1.54, 1.807) is 0 Å². The van der Waals surface area contributed by atoms with Gasteiger partial charge in [0.2, 0.25) is 5.96 Å². The van der Waals surface area contributed by atoms with Gasteiger partial charge in [-0.05, 0) is 26.7 Å². The molecule has 0 spiro atoms. The second kappa shape index (κ2) is 5.95. The summed E-state index contributed by atoms with van der Waals surface area (Å²) in [6.07, 6.45) is 6.38. The Morgan fingerprint density at radius 2 is 1.93 bits per heavy atom. The molecule has 0 heterocycles. The third-order valence-corrected chi connectivity index (χ3v) is 3.12. The molecule has 0 aromatic rings. The fraction of sp³-hybridized carbons (Fsp3) is 0.909. The molecular formula is C11H24N4. The number of hydrazine groups is 1. The maximum atomic E-state index is 5.51. The summed E-state index contributed by atoms with van der Waals surface area (Å²) in [6, 6.07) is 0.884. The van der Waals surface area contributed by atoms with E-state index in [1.165, 1.54) is 32.1 Å². The molecule has 0 atom stereocenters. The van der Waals surface area contributed by atoms with Crippen molar-refractivity contribution in [3.05, 3.63) is 0 Å². The Hall–Kier alpha value is -0.770. The van der Waals surface area contributed by atoms with Gasteiger partial charge < -0.3 is 4.90 Å². The van der Waals surface area contributed by atoms with Crippen molar-refractivity contribution >= 4 is 5.96 Å². The molecule has 0 amide bonds. The van der Waals surface area contributed by atoms with E-state index in [-0.39, 0.29) is 0 Å². The lowest BCUT2D eigenvalue weighted by Crippen LogP contribution is -2.46. The Bertz CT molecular complexity index is 207. The molecule has 0 aliphatic heterocycles. The zero-order chi connectivity index (χ0) is 11.3. The maximum absolute atomic E-state index is 5.51. The summed E-state index contributed by atoms with van der Waals surface area (Å²) < 4.78 is 0. The van der Waals surface area contributed by atoms with Gasteiger partial charge in [-0.1, -0.05) is 19.3 Å². The largest absolute Gasteiger partial charge is 0.343 e. The molecule has 0 radical (unpaired) electrons. The fourth-order valence-electron chi connectivity index (χ4n) is 1.86. The number of nitrogens with zero attached hydrogens (tertiary/aromatic N) is 2. The number of nitrogens with two attached hydrogens (primary N) is 1. The van der Waals surface area contributed by atoms with E-state index in [4.69, 9.17) is 5.84 Å². The van der Waals surface area contributed by atoms with Crippen LogP contribution < -0.4 is 11.3 Å². The zero-order valence-electron chi connectivity index (χ0n) is 10.2. The SMILES string of the molecule is CC(C)N(C)C(=NC1CCCCC1)NN. The van der Waals surface area contributed by atoms with Gasteiger partial charge in [0, 0.05) is 13.1 Å². The van der Waals surface area contributed by atoms with E-state index >= 15 is 0 Å². The first-order valence-electron chi connectivity index (χ1n) is 5.92. The summed E-state index contributed by atoms with van der Waals surface area (Å²) in [6.45, 7) is 4.27. The van der Waals surface area contributed by atoms with Gasteiger partial charge in [-0.3, -0.25) is 5.43 Å². The molecular weight excluding hydrogens is 188 g/mol. The number of hydrogen-bond donors (Lipinski definition) is 2. The van der Waals surface area contributed by atoms with Crippen LogP contribution in [0.2, 0.25) is 0 Å². The quantitative estimate of drug-likeness (QED) is 0.315. The molecule has 0 aromatic heterocycles. The lowest BCUT2D eigenvalue weighted by molar-refractivity contribution is 0.386. The highest BCUT2D eigenvalue weighted by Crippen LogP contribution is 2.20. The molecule has 1 aliphatic rings. The average Bonchev–Trinajstić information content (AvgIpc) is 2.26. The molecule has 3 N–H and O–H groups in total. The number of nitrogens with one attached hydrogen (secondary N) is 1. The van der Waals surface area contributed by atoms with E-state index in [0.717, 1.165) is 5.96 Å². The van der Waals surface area contributed by atoms with Gasteiger partial charge in [0.25, 0.3) is 0 Å². The van der Waals surface area contributed by atoms with E-state index in [0.29, 0.717) is 12.1 Å². The summed E-state index contributed by atoms with van der Waals surface area (Å²) in [5, 5.41) is 0. The van der Waals surface area contributed by atoms with Gasteiger partial charge in [-0.15, -0.1) is 0 Å². The maximum Gasteiger partial charge on any atom is 0.208 e. The van der Waals surface area contributed by atoms with Crippen LogP contribution in [-0.4, -0.2) is 30.0 Å². The summed E-state index contributed by atoms with van der Waals surface area (Å²) >= 11 is 0. The van der Waals surface area contributed by atoms with Crippen LogP contribution in [0.3, 0.4) is 0 Å². The van der Waals surface area contributed by atoms with Crippen molar-refractivity contribution in [1.29, 1.82) is 0 Å². The Kier molecular flexibility index (Phi) is 4.88. The highest BCUT2D eigenvalue weighted by molar-refractivity contribution is 5.79. The van der Waals surface area contributed by atoms with Crippen molar-refractivity contribution in [2.24, 2.45) is 10.8 Å².